The van der Waals surface area contributed by atoms with E-state index in [1.54, 1.807) is 12.1 Å². The lowest BCUT2D eigenvalue weighted by atomic mass is 10.2. The molecule has 0 N–H and O–H groups in total. The third kappa shape index (κ3) is 3.82. The average molecular weight is 290 g/mol. The lowest BCUT2D eigenvalue weighted by Crippen LogP contribution is -2.24. The van der Waals surface area contributed by atoms with Gasteiger partial charge >= 0.3 is 0 Å². The van der Waals surface area contributed by atoms with Crippen LogP contribution in [0.25, 0.3) is 5.69 Å². The Balaban J connectivity index is 2.24. The molecule has 0 aliphatic heterocycles. The van der Waals surface area contributed by atoms with Gasteiger partial charge in [-0.1, -0.05) is 19.9 Å². The largest absolute Gasteiger partial charge is 0.299 e. The van der Waals surface area contributed by atoms with Gasteiger partial charge in [0.2, 0.25) is 0 Å². The van der Waals surface area contributed by atoms with Crippen molar-refractivity contribution in [3.05, 3.63) is 40.2 Å². The Morgan fingerprint density at radius 1 is 1.43 bits per heavy atom. The van der Waals surface area contributed by atoms with Gasteiger partial charge in [0.05, 0.1) is 17.2 Å². The molecular formula is C13H18N6O2. The van der Waals surface area contributed by atoms with E-state index in [9.17, 15) is 10.1 Å². The van der Waals surface area contributed by atoms with E-state index in [2.05, 4.69) is 34.3 Å². The van der Waals surface area contributed by atoms with Crippen molar-refractivity contribution in [1.29, 1.82) is 0 Å². The Bertz CT molecular complexity index is 625. The molecule has 0 saturated heterocycles. The van der Waals surface area contributed by atoms with Gasteiger partial charge in [0.15, 0.2) is 5.82 Å². The van der Waals surface area contributed by atoms with Crippen LogP contribution in [0.4, 0.5) is 5.69 Å². The fourth-order valence-corrected chi connectivity index (χ4v) is 2.17. The number of hydrogen-bond donors (Lipinski definition) is 0. The molecule has 0 aliphatic rings. The number of nitro benzene ring substituents is 1. The van der Waals surface area contributed by atoms with Gasteiger partial charge in [-0.15, -0.1) is 5.10 Å². The number of hydrogen-bond acceptors (Lipinski definition) is 6. The van der Waals surface area contributed by atoms with Crippen LogP contribution in [0.1, 0.15) is 19.7 Å². The number of aromatic nitrogens is 4. The lowest BCUT2D eigenvalue weighted by molar-refractivity contribution is -0.384. The summed E-state index contributed by atoms with van der Waals surface area (Å²) in [7, 11) is 1.99. The average Bonchev–Trinajstić information content (AvgIpc) is 2.85. The van der Waals surface area contributed by atoms with E-state index in [0.29, 0.717) is 24.0 Å². The number of nitro groups is 1. The number of nitrogens with zero attached hydrogens (tertiary/aromatic N) is 6. The standard InChI is InChI=1S/C13H18N6O2/c1-10(2)8-17(3)9-13-14-15-16-18(13)11-5-4-6-12(7-11)19(20)21/h4-7,10H,8-9H2,1-3H3. The minimum atomic E-state index is -0.432. The predicted octanol–water partition coefficient (Wildman–Crippen LogP) is 1.66. The molecule has 112 valence electrons. The van der Waals surface area contributed by atoms with Crippen LogP contribution < -0.4 is 0 Å². The smallest absolute Gasteiger partial charge is 0.271 e. The second-order valence-corrected chi connectivity index (χ2v) is 5.37. The maximum absolute atomic E-state index is 10.8. The molecule has 21 heavy (non-hydrogen) atoms. The first kappa shape index (κ1) is 15.0. The molecule has 0 atom stereocenters. The van der Waals surface area contributed by atoms with Crippen molar-refractivity contribution in [3.8, 4) is 5.69 Å². The zero-order valence-corrected chi connectivity index (χ0v) is 12.3. The van der Waals surface area contributed by atoms with Crippen LogP contribution in [-0.4, -0.2) is 43.6 Å². The van der Waals surface area contributed by atoms with Crippen molar-refractivity contribution >= 4 is 5.69 Å². The first-order valence-electron chi connectivity index (χ1n) is 6.68. The van der Waals surface area contributed by atoms with Crippen molar-refractivity contribution in [3.63, 3.8) is 0 Å². The summed E-state index contributed by atoms with van der Waals surface area (Å²) >= 11 is 0. The van der Waals surface area contributed by atoms with Gasteiger partial charge in [0.1, 0.15) is 0 Å². The van der Waals surface area contributed by atoms with Gasteiger partial charge in [0.25, 0.3) is 5.69 Å². The summed E-state index contributed by atoms with van der Waals surface area (Å²) in [6, 6.07) is 6.27. The zero-order valence-electron chi connectivity index (χ0n) is 12.3. The molecule has 0 saturated carbocycles. The molecule has 8 heteroatoms. The third-order valence-electron chi connectivity index (χ3n) is 2.91. The molecule has 1 aromatic heterocycles. The fraction of sp³-hybridized carbons (Fsp3) is 0.462. The van der Waals surface area contributed by atoms with E-state index in [4.69, 9.17) is 0 Å². The third-order valence-corrected chi connectivity index (χ3v) is 2.91. The van der Waals surface area contributed by atoms with Crippen LogP contribution in [0.5, 0.6) is 0 Å². The maximum atomic E-state index is 10.8. The highest BCUT2D eigenvalue weighted by molar-refractivity contribution is 5.42. The quantitative estimate of drug-likeness (QED) is 0.593. The maximum Gasteiger partial charge on any atom is 0.271 e. The number of rotatable bonds is 6. The van der Waals surface area contributed by atoms with Gasteiger partial charge < -0.3 is 0 Å². The first-order chi connectivity index (χ1) is 9.97. The minimum Gasteiger partial charge on any atom is -0.299 e. The van der Waals surface area contributed by atoms with E-state index in [1.165, 1.54) is 16.8 Å². The van der Waals surface area contributed by atoms with Gasteiger partial charge in [-0.2, -0.15) is 4.68 Å². The molecule has 0 amide bonds. The SMILES string of the molecule is CC(C)CN(C)Cc1nnnn1-c1cccc([N+](=O)[O-])c1. The second kappa shape index (κ2) is 6.40. The van der Waals surface area contributed by atoms with Crippen LogP contribution in [0.2, 0.25) is 0 Å². The van der Waals surface area contributed by atoms with Crippen molar-refractivity contribution in [2.24, 2.45) is 5.92 Å². The summed E-state index contributed by atoms with van der Waals surface area (Å²) in [6.45, 7) is 5.77. The Labute approximate surface area is 122 Å². The number of tetrazole rings is 1. The topological polar surface area (TPSA) is 90.0 Å². The molecule has 0 unspecified atom stereocenters. The molecule has 2 aromatic rings. The van der Waals surface area contributed by atoms with Crippen molar-refractivity contribution in [2.75, 3.05) is 13.6 Å². The molecule has 0 aliphatic carbocycles. The van der Waals surface area contributed by atoms with Gasteiger partial charge in [-0.05, 0) is 29.5 Å². The monoisotopic (exact) mass is 290 g/mol. The van der Waals surface area contributed by atoms with Crippen LogP contribution in [-0.2, 0) is 6.54 Å². The summed E-state index contributed by atoms with van der Waals surface area (Å²) < 4.78 is 1.53. The van der Waals surface area contributed by atoms with Crippen LogP contribution >= 0.6 is 0 Å². The molecule has 1 aromatic carbocycles. The highest BCUT2D eigenvalue weighted by atomic mass is 16.6. The fourth-order valence-electron chi connectivity index (χ4n) is 2.17. The summed E-state index contributed by atoms with van der Waals surface area (Å²) in [6.07, 6.45) is 0. The number of benzene rings is 1. The lowest BCUT2D eigenvalue weighted by Gasteiger charge is -2.18. The van der Waals surface area contributed by atoms with E-state index in [1.807, 2.05) is 7.05 Å². The summed E-state index contributed by atoms with van der Waals surface area (Å²) in [5, 5.41) is 22.4. The van der Waals surface area contributed by atoms with Crippen LogP contribution in [0.3, 0.4) is 0 Å². The summed E-state index contributed by atoms with van der Waals surface area (Å²) in [5.74, 6) is 1.19. The van der Waals surface area contributed by atoms with E-state index in [0.717, 1.165) is 6.54 Å². The Hall–Kier alpha value is -2.35. The van der Waals surface area contributed by atoms with Crippen molar-refractivity contribution in [1.82, 2.24) is 25.1 Å². The molecule has 0 fully saturated rings. The van der Waals surface area contributed by atoms with Gasteiger partial charge in [-0.3, -0.25) is 15.0 Å². The van der Waals surface area contributed by atoms with Crippen LogP contribution in [0, 0.1) is 16.0 Å². The van der Waals surface area contributed by atoms with E-state index >= 15 is 0 Å². The van der Waals surface area contributed by atoms with Crippen LogP contribution in [0.15, 0.2) is 24.3 Å². The van der Waals surface area contributed by atoms with E-state index < -0.39 is 4.92 Å². The normalized spacial score (nSPS) is 11.3. The highest BCUT2D eigenvalue weighted by Gasteiger charge is 2.14. The Kier molecular flexibility index (Phi) is 4.59. The number of non-ortho nitro benzene ring substituents is 1. The molecule has 0 bridgehead atoms. The molecule has 2 rings (SSSR count). The minimum absolute atomic E-state index is 0.0180. The highest BCUT2D eigenvalue weighted by Crippen LogP contribution is 2.17. The second-order valence-electron chi connectivity index (χ2n) is 5.37. The Morgan fingerprint density at radius 3 is 2.86 bits per heavy atom. The summed E-state index contributed by atoms with van der Waals surface area (Å²) in [5.41, 5.74) is 0.603. The van der Waals surface area contributed by atoms with Crippen molar-refractivity contribution < 1.29 is 4.92 Å². The first-order valence-corrected chi connectivity index (χ1v) is 6.68. The van der Waals surface area contributed by atoms with Gasteiger partial charge in [-0.25, -0.2) is 0 Å². The molecule has 0 radical (unpaired) electrons. The summed E-state index contributed by atoms with van der Waals surface area (Å²) in [4.78, 5) is 12.5. The van der Waals surface area contributed by atoms with Gasteiger partial charge in [0, 0.05) is 18.7 Å². The molecule has 8 nitrogen and oxygen atoms in total. The molecule has 1 heterocycles. The predicted molar refractivity (Wildman–Crippen MR) is 77.0 cm³/mol. The van der Waals surface area contributed by atoms with Crippen molar-refractivity contribution in [2.45, 2.75) is 20.4 Å². The van der Waals surface area contributed by atoms with E-state index in [-0.39, 0.29) is 5.69 Å². The Morgan fingerprint density at radius 2 is 2.19 bits per heavy atom. The molecule has 0 spiro atoms. The molecular weight excluding hydrogens is 272 g/mol. The zero-order chi connectivity index (χ0) is 15.4.